The molecule has 24 heavy (non-hydrogen) atoms. The fraction of sp³-hybridized carbons (Fsp3) is 0.263. The molecule has 4 rings (SSSR count). The van der Waals surface area contributed by atoms with Crippen LogP contribution < -0.4 is 0 Å². The van der Waals surface area contributed by atoms with Gasteiger partial charge in [0.15, 0.2) is 0 Å². The van der Waals surface area contributed by atoms with E-state index < -0.39 is 0 Å². The van der Waals surface area contributed by atoms with Gasteiger partial charge in [-0.1, -0.05) is 30.3 Å². The van der Waals surface area contributed by atoms with E-state index >= 15 is 0 Å². The molecule has 1 aliphatic rings. The molecule has 0 N–H and O–H groups in total. The van der Waals surface area contributed by atoms with Crippen molar-refractivity contribution in [3.8, 4) is 0 Å². The van der Waals surface area contributed by atoms with Gasteiger partial charge in [-0.2, -0.15) is 0 Å². The number of carbonyl (C=O) groups is 1. The lowest BCUT2D eigenvalue weighted by Crippen LogP contribution is -2.48. The van der Waals surface area contributed by atoms with E-state index in [0.29, 0.717) is 0 Å². The van der Waals surface area contributed by atoms with E-state index in [0.717, 1.165) is 43.1 Å². The quantitative estimate of drug-likeness (QED) is 0.736. The number of aromatic nitrogens is 1. The lowest BCUT2D eigenvalue weighted by Gasteiger charge is -2.34. The lowest BCUT2D eigenvalue weighted by atomic mass is 10.1. The second-order valence-corrected chi connectivity index (χ2v) is 6.99. The highest BCUT2D eigenvalue weighted by atomic mass is 32.1. The second kappa shape index (κ2) is 6.71. The number of benzene rings is 1. The van der Waals surface area contributed by atoms with Gasteiger partial charge in [0.05, 0.1) is 10.4 Å². The van der Waals surface area contributed by atoms with Crippen molar-refractivity contribution in [1.29, 1.82) is 0 Å². The fourth-order valence-electron chi connectivity index (χ4n) is 3.20. The third kappa shape index (κ3) is 3.05. The van der Waals surface area contributed by atoms with Crippen LogP contribution in [0.5, 0.6) is 0 Å². The topological polar surface area (TPSA) is 36.4 Å². The van der Waals surface area contributed by atoms with E-state index in [1.165, 1.54) is 22.3 Å². The summed E-state index contributed by atoms with van der Waals surface area (Å²) in [5, 5.41) is 3.14. The van der Waals surface area contributed by atoms with Crippen molar-refractivity contribution >= 4 is 28.1 Å². The Morgan fingerprint density at radius 1 is 1.04 bits per heavy atom. The van der Waals surface area contributed by atoms with Crippen molar-refractivity contribution in [3.05, 3.63) is 64.5 Å². The number of fused-ring (bicyclic) bond motifs is 1. The zero-order chi connectivity index (χ0) is 16.4. The van der Waals surface area contributed by atoms with Gasteiger partial charge in [-0.25, -0.2) is 0 Å². The number of pyridine rings is 1. The Bertz CT molecular complexity index is 833. The van der Waals surface area contributed by atoms with Gasteiger partial charge in [-0.05, 0) is 23.1 Å². The molecule has 0 radical (unpaired) electrons. The van der Waals surface area contributed by atoms with Crippen molar-refractivity contribution in [2.75, 3.05) is 26.2 Å². The van der Waals surface area contributed by atoms with E-state index in [1.54, 1.807) is 0 Å². The first-order valence-corrected chi connectivity index (χ1v) is 9.07. The summed E-state index contributed by atoms with van der Waals surface area (Å²) in [6.07, 6.45) is 1.85. The molecule has 4 nitrogen and oxygen atoms in total. The van der Waals surface area contributed by atoms with E-state index in [1.807, 2.05) is 34.7 Å². The van der Waals surface area contributed by atoms with Gasteiger partial charge >= 0.3 is 0 Å². The minimum Gasteiger partial charge on any atom is -0.335 e. The summed E-state index contributed by atoms with van der Waals surface area (Å²) in [6, 6.07) is 14.3. The average Bonchev–Trinajstić information content (AvgIpc) is 3.17. The van der Waals surface area contributed by atoms with Crippen LogP contribution >= 0.6 is 11.3 Å². The highest BCUT2D eigenvalue weighted by molar-refractivity contribution is 7.12. The largest absolute Gasteiger partial charge is 0.335 e. The Hall–Kier alpha value is -2.24. The predicted octanol–water partition coefficient (Wildman–Crippen LogP) is 3.25. The molecular formula is C19H19N3OS. The zero-order valence-corrected chi connectivity index (χ0v) is 14.2. The summed E-state index contributed by atoms with van der Waals surface area (Å²) < 4.78 is 0. The molecule has 2 aromatic heterocycles. The maximum atomic E-state index is 12.4. The Morgan fingerprint density at radius 2 is 1.88 bits per heavy atom. The van der Waals surface area contributed by atoms with Crippen LogP contribution in [-0.4, -0.2) is 46.9 Å². The van der Waals surface area contributed by atoms with Crippen LogP contribution in [0.1, 0.15) is 15.2 Å². The molecular weight excluding hydrogens is 318 g/mol. The van der Waals surface area contributed by atoms with Gasteiger partial charge in [-0.3, -0.25) is 14.7 Å². The Morgan fingerprint density at radius 3 is 2.67 bits per heavy atom. The third-order valence-corrected chi connectivity index (χ3v) is 5.36. The molecule has 1 saturated heterocycles. The number of nitrogens with zero attached hydrogens (tertiary/aromatic N) is 3. The van der Waals surface area contributed by atoms with Crippen molar-refractivity contribution in [1.82, 2.24) is 14.8 Å². The molecule has 0 atom stereocenters. The molecule has 3 aromatic rings. The molecule has 1 fully saturated rings. The molecule has 3 heterocycles. The van der Waals surface area contributed by atoms with Crippen molar-refractivity contribution in [3.63, 3.8) is 0 Å². The first-order valence-electron chi connectivity index (χ1n) is 8.19. The molecule has 122 valence electrons. The molecule has 0 unspecified atom stereocenters. The van der Waals surface area contributed by atoms with Gasteiger partial charge in [0.25, 0.3) is 5.91 Å². The van der Waals surface area contributed by atoms with Crippen LogP contribution in [0.2, 0.25) is 0 Å². The monoisotopic (exact) mass is 337 g/mol. The minimum atomic E-state index is 0.163. The Balaban J connectivity index is 1.42. The van der Waals surface area contributed by atoms with Gasteiger partial charge in [0.2, 0.25) is 0 Å². The predicted molar refractivity (Wildman–Crippen MR) is 97.2 cm³/mol. The van der Waals surface area contributed by atoms with Crippen LogP contribution in [0.3, 0.4) is 0 Å². The summed E-state index contributed by atoms with van der Waals surface area (Å²) in [4.78, 5) is 22.1. The third-order valence-electron chi connectivity index (χ3n) is 4.50. The van der Waals surface area contributed by atoms with Crippen LogP contribution in [-0.2, 0) is 6.54 Å². The Labute approximate surface area is 145 Å². The maximum Gasteiger partial charge on any atom is 0.264 e. The summed E-state index contributed by atoms with van der Waals surface area (Å²) >= 11 is 1.52. The highest BCUT2D eigenvalue weighted by Gasteiger charge is 2.23. The number of carbonyl (C=O) groups excluding carboxylic acids is 1. The van der Waals surface area contributed by atoms with Crippen molar-refractivity contribution in [2.45, 2.75) is 6.54 Å². The Kier molecular flexibility index (Phi) is 4.28. The molecule has 0 spiro atoms. The first kappa shape index (κ1) is 15.3. The van der Waals surface area contributed by atoms with Gasteiger partial charge in [0, 0.05) is 44.3 Å². The number of para-hydroxylation sites is 1. The summed E-state index contributed by atoms with van der Waals surface area (Å²) in [7, 11) is 0. The van der Waals surface area contributed by atoms with E-state index in [-0.39, 0.29) is 5.91 Å². The van der Waals surface area contributed by atoms with Crippen LogP contribution in [0.15, 0.2) is 54.0 Å². The molecule has 0 bridgehead atoms. The van der Waals surface area contributed by atoms with Crippen LogP contribution in [0.4, 0.5) is 0 Å². The van der Waals surface area contributed by atoms with Crippen molar-refractivity contribution < 1.29 is 4.79 Å². The number of piperazine rings is 1. The zero-order valence-electron chi connectivity index (χ0n) is 13.4. The van der Waals surface area contributed by atoms with Crippen LogP contribution in [0.25, 0.3) is 10.9 Å². The first-order chi connectivity index (χ1) is 11.8. The highest BCUT2D eigenvalue weighted by Crippen LogP contribution is 2.19. The molecule has 0 saturated carbocycles. The molecule has 1 aromatic carbocycles. The molecule has 0 aliphatic carbocycles. The number of hydrogen-bond donors (Lipinski definition) is 0. The summed E-state index contributed by atoms with van der Waals surface area (Å²) in [6.45, 7) is 4.26. The van der Waals surface area contributed by atoms with Gasteiger partial charge in [0.1, 0.15) is 0 Å². The van der Waals surface area contributed by atoms with E-state index in [2.05, 4.69) is 34.1 Å². The minimum absolute atomic E-state index is 0.163. The average molecular weight is 337 g/mol. The normalized spacial score (nSPS) is 15.8. The summed E-state index contributed by atoms with van der Waals surface area (Å²) in [5.41, 5.74) is 2.34. The second-order valence-electron chi connectivity index (χ2n) is 6.04. The van der Waals surface area contributed by atoms with Crippen molar-refractivity contribution in [2.24, 2.45) is 0 Å². The molecule has 5 heteroatoms. The summed E-state index contributed by atoms with van der Waals surface area (Å²) in [5.74, 6) is 0.163. The standard InChI is InChI=1S/C19H19N3OS/c23-19(17-7-3-13-24-17)22-11-9-21(10-12-22)14-16-5-1-4-15-6-2-8-20-18(15)16/h1-8,13H,9-12,14H2. The number of amides is 1. The van der Waals surface area contributed by atoms with E-state index in [9.17, 15) is 4.79 Å². The van der Waals surface area contributed by atoms with Gasteiger partial charge < -0.3 is 4.90 Å². The van der Waals surface area contributed by atoms with Crippen LogP contribution in [0, 0.1) is 0 Å². The maximum absolute atomic E-state index is 12.4. The molecule has 1 amide bonds. The molecule has 1 aliphatic heterocycles. The lowest BCUT2D eigenvalue weighted by molar-refractivity contribution is 0.0633. The van der Waals surface area contributed by atoms with Gasteiger partial charge in [-0.15, -0.1) is 11.3 Å². The number of rotatable bonds is 3. The number of thiophene rings is 1. The number of hydrogen-bond acceptors (Lipinski definition) is 4. The smallest absolute Gasteiger partial charge is 0.264 e. The SMILES string of the molecule is O=C(c1cccs1)N1CCN(Cc2cccc3cccnc23)CC1. The fourth-order valence-corrected chi connectivity index (χ4v) is 3.89. The van der Waals surface area contributed by atoms with E-state index in [4.69, 9.17) is 0 Å².